The van der Waals surface area contributed by atoms with Gasteiger partial charge in [0, 0.05) is 41.8 Å². The average Bonchev–Trinajstić information content (AvgIpc) is 3.18. The van der Waals surface area contributed by atoms with Crippen LogP contribution < -0.4 is 5.32 Å². The van der Waals surface area contributed by atoms with Crippen LogP contribution in [-0.2, 0) is 11.3 Å². The maximum Gasteiger partial charge on any atom is 0.0954 e. The van der Waals surface area contributed by atoms with E-state index < -0.39 is 0 Å². The van der Waals surface area contributed by atoms with Gasteiger partial charge in [-0.25, -0.2) is 4.98 Å². The third kappa shape index (κ3) is 2.18. The first-order chi connectivity index (χ1) is 10.2. The fourth-order valence-corrected chi connectivity index (χ4v) is 5.73. The van der Waals surface area contributed by atoms with Crippen molar-refractivity contribution in [1.29, 1.82) is 0 Å². The summed E-state index contributed by atoms with van der Waals surface area (Å²) in [6, 6.07) is 0.664. The number of fused-ring (bicyclic) bond motifs is 2. The molecule has 3 atom stereocenters. The Kier molecular flexibility index (Phi) is 3.59. The fraction of sp³-hybridized carbons (Fsp3) is 0.824. The van der Waals surface area contributed by atoms with Crippen molar-refractivity contribution in [2.45, 2.75) is 70.6 Å². The summed E-state index contributed by atoms with van der Waals surface area (Å²) in [4.78, 5) is 4.77. The molecule has 1 aliphatic heterocycles. The van der Waals surface area contributed by atoms with Gasteiger partial charge >= 0.3 is 0 Å². The summed E-state index contributed by atoms with van der Waals surface area (Å²) >= 11 is 1.80. The summed E-state index contributed by atoms with van der Waals surface area (Å²) in [5.41, 5.74) is 1.68. The van der Waals surface area contributed by atoms with Crippen LogP contribution in [-0.4, -0.2) is 23.7 Å². The largest absolute Gasteiger partial charge is 0.377 e. The number of hydrogen-bond donors (Lipinski definition) is 1. The van der Waals surface area contributed by atoms with Crippen molar-refractivity contribution in [2.24, 2.45) is 11.3 Å². The predicted octanol–water partition coefficient (Wildman–Crippen LogP) is 3.70. The van der Waals surface area contributed by atoms with Crippen LogP contribution in [0.25, 0.3) is 0 Å². The zero-order valence-electron chi connectivity index (χ0n) is 13.1. The lowest BCUT2D eigenvalue weighted by Crippen LogP contribution is -2.67. The Morgan fingerprint density at radius 1 is 1.43 bits per heavy atom. The molecular formula is C17H26N2OS. The van der Waals surface area contributed by atoms with Crippen LogP contribution >= 0.6 is 11.3 Å². The van der Waals surface area contributed by atoms with Crippen LogP contribution in [0.15, 0.2) is 5.38 Å². The van der Waals surface area contributed by atoms with Crippen LogP contribution in [0.1, 0.15) is 62.6 Å². The van der Waals surface area contributed by atoms with Crippen molar-refractivity contribution in [2.75, 3.05) is 6.61 Å². The van der Waals surface area contributed by atoms with Gasteiger partial charge in [-0.2, -0.15) is 0 Å². The van der Waals surface area contributed by atoms with Gasteiger partial charge < -0.3 is 10.1 Å². The van der Waals surface area contributed by atoms with Gasteiger partial charge in [-0.3, -0.25) is 0 Å². The summed E-state index contributed by atoms with van der Waals surface area (Å²) < 4.78 is 6.05. The first kappa shape index (κ1) is 14.2. The Bertz CT molecular complexity index is 507. The molecule has 0 radical (unpaired) electrons. The van der Waals surface area contributed by atoms with Crippen molar-refractivity contribution >= 4 is 11.3 Å². The van der Waals surface area contributed by atoms with Crippen LogP contribution in [0, 0.1) is 11.3 Å². The lowest BCUT2D eigenvalue weighted by Gasteiger charge is -2.57. The Hall–Kier alpha value is -0.450. The van der Waals surface area contributed by atoms with Crippen LogP contribution in [0.4, 0.5) is 0 Å². The number of ether oxygens (including phenoxy) is 1. The summed E-state index contributed by atoms with van der Waals surface area (Å²) in [5.74, 6) is 1.30. The molecule has 1 N–H and O–H groups in total. The molecule has 0 unspecified atom stereocenters. The van der Waals surface area contributed by atoms with E-state index in [-0.39, 0.29) is 0 Å². The zero-order valence-corrected chi connectivity index (χ0v) is 13.9. The van der Waals surface area contributed by atoms with Crippen LogP contribution in [0.5, 0.6) is 0 Å². The minimum absolute atomic E-state index is 0.456. The highest BCUT2D eigenvalue weighted by Crippen LogP contribution is 2.60. The van der Waals surface area contributed by atoms with E-state index >= 15 is 0 Å². The van der Waals surface area contributed by atoms with Gasteiger partial charge in [-0.05, 0) is 19.3 Å². The lowest BCUT2D eigenvalue weighted by atomic mass is 9.54. The van der Waals surface area contributed by atoms with E-state index in [1.54, 1.807) is 11.3 Å². The summed E-state index contributed by atoms with van der Waals surface area (Å²) in [7, 11) is 0. The second kappa shape index (κ2) is 5.32. The topological polar surface area (TPSA) is 34.2 Å². The summed E-state index contributed by atoms with van der Waals surface area (Å²) in [5, 5.41) is 7.35. The molecule has 2 saturated carbocycles. The number of nitrogens with one attached hydrogen (secondary N) is 1. The molecule has 116 valence electrons. The molecule has 1 aromatic heterocycles. The van der Waals surface area contributed by atoms with Gasteiger partial charge in [0.15, 0.2) is 0 Å². The lowest BCUT2D eigenvalue weighted by molar-refractivity contribution is -0.131. The Labute approximate surface area is 131 Å². The second-order valence-electron chi connectivity index (χ2n) is 7.37. The molecule has 0 bridgehead atoms. The van der Waals surface area contributed by atoms with E-state index in [4.69, 9.17) is 9.72 Å². The Morgan fingerprint density at radius 2 is 2.24 bits per heavy atom. The van der Waals surface area contributed by atoms with E-state index in [0.717, 1.165) is 19.1 Å². The van der Waals surface area contributed by atoms with E-state index in [1.807, 2.05) is 0 Å². The average molecular weight is 306 g/mol. The van der Waals surface area contributed by atoms with E-state index in [2.05, 4.69) is 24.5 Å². The molecule has 0 aromatic carbocycles. The highest BCUT2D eigenvalue weighted by atomic mass is 32.1. The van der Waals surface area contributed by atoms with Crippen molar-refractivity contribution < 1.29 is 4.74 Å². The third-order valence-electron chi connectivity index (χ3n) is 5.85. The van der Waals surface area contributed by atoms with Gasteiger partial charge in [0.2, 0.25) is 0 Å². The van der Waals surface area contributed by atoms with Crippen molar-refractivity contribution in [3.05, 3.63) is 16.1 Å². The SMILES string of the molecule is CC(C)c1nc(CN[C@@H]2[C@@H]3CCO[C@@H]3C23CCCC3)cs1. The first-order valence-corrected chi connectivity index (χ1v) is 9.38. The highest BCUT2D eigenvalue weighted by Gasteiger charge is 2.64. The summed E-state index contributed by atoms with van der Waals surface area (Å²) in [6.45, 7) is 6.34. The standard InChI is InChI=1S/C17H26N2OS/c1-11(2)16-19-12(10-21-16)9-18-14-13-5-8-20-15(13)17(14)6-3-4-7-17/h10-11,13-15,18H,3-9H2,1-2H3/t13-,14+,15-/m0/s1. The van der Waals surface area contributed by atoms with E-state index in [1.165, 1.54) is 42.8 Å². The predicted molar refractivity (Wildman–Crippen MR) is 85.6 cm³/mol. The molecule has 4 heteroatoms. The summed E-state index contributed by atoms with van der Waals surface area (Å²) in [6.07, 6.45) is 7.30. The van der Waals surface area contributed by atoms with Gasteiger partial charge in [0.05, 0.1) is 16.8 Å². The van der Waals surface area contributed by atoms with Gasteiger partial charge in [-0.1, -0.05) is 26.7 Å². The first-order valence-electron chi connectivity index (χ1n) is 8.50. The molecule has 1 spiro atoms. The quantitative estimate of drug-likeness (QED) is 0.921. The third-order valence-corrected chi connectivity index (χ3v) is 7.05. The smallest absolute Gasteiger partial charge is 0.0954 e. The minimum atomic E-state index is 0.456. The van der Waals surface area contributed by atoms with Crippen LogP contribution in [0.2, 0.25) is 0 Å². The number of rotatable bonds is 4. The molecule has 1 aromatic rings. The molecule has 1 saturated heterocycles. The Morgan fingerprint density at radius 3 is 2.95 bits per heavy atom. The molecule has 2 heterocycles. The maximum absolute atomic E-state index is 6.05. The van der Waals surface area contributed by atoms with Gasteiger partial charge in [0.25, 0.3) is 0 Å². The number of thiazole rings is 1. The molecular weight excluding hydrogens is 280 g/mol. The molecule has 0 amide bonds. The normalized spacial score (nSPS) is 33.6. The van der Waals surface area contributed by atoms with Gasteiger partial charge in [-0.15, -0.1) is 11.3 Å². The maximum atomic E-state index is 6.05. The highest BCUT2D eigenvalue weighted by molar-refractivity contribution is 7.09. The van der Waals surface area contributed by atoms with E-state index in [0.29, 0.717) is 23.5 Å². The molecule has 3 fully saturated rings. The molecule has 21 heavy (non-hydrogen) atoms. The molecule has 2 aliphatic carbocycles. The van der Waals surface area contributed by atoms with Crippen LogP contribution in [0.3, 0.4) is 0 Å². The Balaban J connectivity index is 1.43. The zero-order chi connectivity index (χ0) is 14.4. The second-order valence-corrected chi connectivity index (χ2v) is 8.26. The number of hydrogen-bond acceptors (Lipinski definition) is 4. The molecule has 3 aliphatic rings. The molecule has 3 nitrogen and oxygen atoms in total. The minimum Gasteiger partial charge on any atom is -0.377 e. The number of nitrogens with zero attached hydrogens (tertiary/aromatic N) is 1. The fourth-order valence-electron chi connectivity index (χ4n) is 4.89. The van der Waals surface area contributed by atoms with Gasteiger partial charge in [0.1, 0.15) is 0 Å². The monoisotopic (exact) mass is 306 g/mol. The van der Waals surface area contributed by atoms with E-state index in [9.17, 15) is 0 Å². The molecule has 4 rings (SSSR count). The van der Waals surface area contributed by atoms with Crippen molar-refractivity contribution in [1.82, 2.24) is 10.3 Å². The number of aromatic nitrogens is 1. The van der Waals surface area contributed by atoms with Crippen molar-refractivity contribution in [3.63, 3.8) is 0 Å². The van der Waals surface area contributed by atoms with Crippen molar-refractivity contribution in [3.8, 4) is 0 Å².